The third-order valence-electron chi connectivity index (χ3n) is 5.05. The molecule has 0 spiro atoms. The molecule has 7 heteroatoms. The van der Waals surface area contributed by atoms with E-state index in [1.54, 1.807) is 7.05 Å². The molecular formula is C24H25FN2O3S. The summed E-state index contributed by atoms with van der Waals surface area (Å²) in [5.41, 5.74) is 2.80. The summed E-state index contributed by atoms with van der Waals surface area (Å²) >= 11 is 0. The Kier molecular flexibility index (Phi) is 7.20. The summed E-state index contributed by atoms with van der Waals surface area (Å²) < 4.78 is 42.3. The number of nitrogens with one attached hydrogen (secondary N) is 1. The Morgan fingerprint density at radius 3 is 2.26 bits per heavy atom. The average Bonchev–Trinajstić information content (AvgIpc) is 2.75. The molecule has 0 saturated carbocycles. The highest BCUT2D eigenvalue weighted by Crippen LogP contribution is 2.17. The van der Waals surface area contributed by atoms with Crippen LogP contribution in [0.1, 0.15) is 16.7 Å². The lowest BCUT2D eigenvalue weighted by Gasteiger charge is -2.25. The maximum atomic E-state index is 14.1. The van der Waals surface area contributed by atoms with E-state index in [1.165, 1.54) is 23.1 Å². The summed E-state index contributed by atoms with van der Waals surface area (Å²) in [6.07, 6.45) is 0.144. The van der Waals surface area contributed by atoms with Gasteiger partial charge in [0.15, 0.2) is 0 Å². The molecule has 5 nitrogen and oxygen atoms in total. The SMILES string of the molecule is Cc1ccccc1CN(C)C(=O)C(Cc1ccccc1)NS(=O)(=O)c1ccccc1F. The molecule has 31 heavy (non-hydrogen) atoms. The maximum Gasteiger partial charge on any atom is 0.244 e. The summed E-state index contributed by atoms with van der Waals surface area (Å²) in [7, 11) is -2.61. The Labute approximate surface area is 182 Å². The van der Waals surface area contributed by atoms with Crippen LogP contribution in [0.3, 0.4) is 0 Å². The van der Waals surface area contributed by atoms with E-state index in [9.17, 15) is 17.6 Å². The highest BCUT2D eigenvalue weighted by molar-refractivity contribution is 7.89. The fraction of sp³-hybridized carbons (Fsp3) is 0.208. The number of sulfonamides is 1. The summed E-state index contributed by atoms with van der Waals surface area (Å²) in [4.78, 5) is 14.3. The molecule has 0 aromatic heterocycles. The molecule has 1 amide bonds. The number of carbonyl (C=O) groups excluding carboxylic acids is 1. The highest BCUT2D eigenvalue weighted by atomic mass is 32.2. The molecular weight excluding hydrogens is 415 g/mol. The minimum Gasteiger partial charge on any atom is -0.340 e. The predicted octanol–water partition coefficient (Wildman–Crippen LogP) is 3.68. The normalized spacial score (nSPS) is 12.4. The van der Waals surface area contributed by atoms with Gasteiger partial charge < -0.3 is 4.90 Å². The van der Waals surface area contributed by atoms with Gasteiger partial charge in [-0.2, -0.15) is 4.72 Å². The Hall–Kier alpha value is -3.03. The van der Waals surface area contributed by atoms with Gasteiger partial charge in [-0.05, 0) is 42.2 Å². The van der Waals surface area contributed by atoms with Gasteiger partial charge >= 0.3 is 0 Å². The molecule has 0 aliphatic heterocycles. The first kappa shape index (κ1) is 22.7. The standard InChI is InChI=1S/C24H25FN2O3S/c1-18-10-6-7-13-20(18)17-27(2)24(28)22(16-19-11-4-3-5-12-19)26-31(29,30)23-15-9-8-14-21(23)25/h3-15,22,26H,16-17H2,1-2H3. The fourth-order valence-corrected chi connectivity index (χ4v) is 4.60. The van der Waals surface area contributed by atoms with E-state index in [0.29, 0.717) is 6.54 Å². The molecule has 0 aliphatic rings. The zero-order valence-electron chi connectivity index (χ0n) is 17.5. The molecule has 162 valence electrons. The third kappa shape index (κ3) is 5.77. The van der Waals surface area contributed by atoms with Gasteiger partial charge in [0.05, 0.1) is 0 Å². The second-order valence-electron chi connectivity index (χ2n) is 7.41. The van der Waals surface area contributed by atoms with Crippen molar-refractivity contribution in [3.05, 3.63) is 101 Å². The van der Waals surface area contributed by atoms with Crippen LogP contribution in [0, 0.1) is 12.7 Å². The van der Waals surface area contributed by atoms with Crippen LogP contribution in [0.2, 0.25) is 0 Å². The van der Waals surface area contributed by atoms with E-state index < -0.39 is 32.7 Å². The topological polar surface area (TPSA) is 66.5 Å². The largest absolute Gasteiger partial charge is 0.340 e. The molecule has 3 aromatic rings. The molecule has 0 radical (unpaired) electrons. The van der Waals surface area contributed by atoms with E-state index in [1.807, 2.05) is 61.5 Å². The third-order valence-corrected chi connectivity index (χ3v) is 6.55. The van der Waals surface area contributed by atoms with E-state index in [4.69, 9.17) is 0 Å². The Balaban J connectivity index is 1.88. The Bertz CT molecular complexity index is 1150. The van der Waals surface area contributed by atoms with Gasteiger partial charge in [0.1, 0.15) is 16.8 Å². The minimum atomic E-state index is -4.24. The predicted molar refractivity (Wildman–Crippen MR) is 118 cm³/mol. The van der Waals surface area contributed by atoms with Crippen molar-refractivity contribution >= 4 is 15.9 Å². The van der Waals surface area contributed by atoms with Crippen LogP contribution in [0.4, 0.5) is 4.39 Å². The van der Waals surface area contributed by atoms with Gasteiger partial charge in [-0.15, -0.1) is 0 Å². The lowest BCUT2D eigenvalue weighted by atomic mass is 10.0. The number of likely N-dealkylation sites (N-methyl/N-ethyl adjacent to an activating group) is 1. The lowest BCUT2D eigenvalue weighted by molar-refractivity contribution is -0.132. The van der Waals surface area contributed by atoms with E-state index in [-0.39, 0.29) is 6.42 Å². The first-order chi connectivity index (χ1) is 14.8. The first-order valence-electron chi connectivity index (χ1n) is 9.88. The van der Waals surface area contributed by atoms with E-state index in [0.717, 1.165) is 22.8 Å². The highest BCUT2D eigenvalue weighted by Gasteiger charge is 2.29. The number of halogens is 1. The van der Waals surface area contributed by atoms with Crippen molar-refractivity contribution in [2.75, 3.05) is 7.05 Å². The number of aryl methyl sites for hydroxylation is 1. The average molecular weight is 441 g/mol. The van der Waals surface area contributed by atoms with Crippen molar-refractivity contribution < 1.29 is 17.6 Å². The van der Waals surface area contributed by atoms with Crippen molar-refractivity contribution in [3.8, 4) is 0 Å². The van der Waals surface area contributed by atoms with Crippen molar-refractivity contribution in [2.24, 2.45) is 0 Å². The maximum absolute atomic E-state index is 14.1. The quantitative estimate of drug-likeness (QED) is 0.581. The van der Waals surface area contributed by atoms with E-state index >= 15 is 0 Å². The van der Waals surface area contributed by atoms with Crippen LogP contribution < -0.4 is 4.72 Å². The number of amides is 1. The van der Waals surface area contributed by atoms with Gasteiger partial charge in [0.2, 0.25) is 15.9 Å². The molecule has 1 atom stereocenters. The molecule has 1 N–H and O–H groups in total. The molecule has 0 aliphatic carbocycles. The Morgan fingerprint density at radius 1 is 0.968 bits per heavy atom. The van der Waals surface area contributed by atoms with Crippen LogP contribution in [0.5, 0.6) is 0 Å². The number of nitrogens with zero attached hydrogens (tertiary/aromatic N) is 1. The zero-order chi connectivity index (χ0) is 22.4. The molecule has 3 rings (SSSR count). The minimum absolute atomic E-state index is 0.144. The fourth-order valence-electron chi connectivity index (χ4n) is 3.33. The number of rotatable bonds is 8. The molecule has 0 bridgehead atoms. The van der Waals surface area contributed by atoms with Gasteiger partial charge in [-0.1, -0.05) is 66.7 Å². The Morgan fingerprint density at radius 2 is 1.58 bits per heavy atom. The number of hydrogen-bond acceptors (Lipinski definition) is 3. The van der Waals surface area contributed by atoms with Crippen LogP contribution >= 0.6 is 0 Å². The van der Waals surface area contributed by atoms with E-state index in [2.05, 4.69) is 4.72 Å². The summed E-state index contributed by atoms with van der Waals surface area (Å²) in [6, 6.07) is 20.8. The monoisotopic (exact) mass is 440 g/mol. The number of carbonyl (C=O) groups is 1. The van der Waals surface area contributed by atoms with Gasteiger partial charge in [0.25, 0.3) is 0 Å². The first-order valence-corrected chi connectivity index (χ1v) is 11.4. The van der Waals surface area contributed by atoms with Gasteiger partial charge in [0, 0.05) is 13.6 Å². The smallest absolute Gasteiger partial charge is 0.244 e. The van der Waals surface area contributed by atoms with Gasteiger partial charge in [-0.25, -0.2) is 12.8 Å². The van der Waals surface area contributed by atoms with Crippen LogP contribution in [-0.2, 0) is 27.8 Å². The van der Waals surface area contributed by atoms with Crippen molar-refractivity contribution in [1.29, 1.82) is 0 Å². The van der Waals surface area contributed by atoms with Crippen LogP contribution in [0.25, 0.3) is 0 Å². The van der Waals surface area contributed by atoms with Crippen molar-refractivity contribution in [1.82, 2.24) is 9.62 Å². The van der Waals surface area contributed by atoms with Crippen molar-refractivity contribution in [2.45, 2.75) is 30.8 Å². The van der Waals surface area contributed by atoms with Gasteiger partial charge in [-0.3, -0.25) is 4.79 Å². The molecule has 0 heterocycles. The number of benzene rings is 3. The lowest BCUT2D eigenvalue weighted by Crippen LogP contribution is -2.48. The second-order valence-corrected chi connectivity index (χ2v) is 9.10. The molecule has 0 fully saturated rings. The second kappa shape index (κ2) is 9.85. The van der Waals surface area contributed by atoms with Crippen molar-refractivity contribution in [3.63, 3.8) is 0 Å². The zero-order valence-corrected chi connectivity index (χ0v) is 18.3. The summed E-state index contributed by atoms with van der Waals surface area (Å²) in [5, 5.41) is 0. The van der Waals surface area contributed by atoms with Crippen LogP contribution in [0.15, 0.2) is 83.8 Å². The molecule has 0 saturated heterocycles. The van der Waals surface area contributed by atoms with Crippen LogP contribution in [-0.4, -0.2) is 32.3 Å². The summed E-state index contributed by atoms with van der Waals surface area (Å²) in [5.74, 6) is -1.26. The molecule has 3 aromatic carbocycles. The molecule has 1 unspecified atom stereocenters. The summed E-state index contributed by atoms with van der Waals surface area (Å²) in [6.45, 7) is 2.29. The number of hydrogen-bond donors (Lipinski definition) is 1.